The van der Waals surface area contributed by atoms with E-state index in [1.165, 1.54) is 6.07 Å². The number of rotatable bonds is 8. The smallest absolute Gasteiger partial charge is 0.338 e. The molecule has 0 amide bonds. The number of ether oxygens (including phenoxy) is 1. The predicted molar refractivity (Wildman–Crippen MR) is 125 cm³/mol. The van der Waals surface area contributed by atoms with E-state index >= 15 is 0 Å². The maximum Gasteiger partial charge on any atom is 0.338 e. The van der Waals surface area contributed by atoms with Gasteiger partial charge in [0.2, 0.25) is 0 Å². The third-order valence-electron chi connectivity index (χ3n) is 6.02. The van der Waals surface area contributed by atoms with Gasteiger partial charge in [0.05, 0.1) is 12.2 Å². The number of esters is 1. The van der Waals surface area contributed by atoms with Crippen LogP contribution in [0.1, 0.15) is 36.2 Å². The van der Waals surface area contributed by atoms with E-state index in [9.17, 15) is 23.1 Å². The van der Waals surface area contributed by atoms with Crippen LogP contribution in [0.25, 0.3) is 10.4 Å². The zero-order valence-corrected chi connectivity index (χ0v) is 19.7. The highest BCUT2D eigenvalue weighted by Gasteiger charge is 2.72. The first-order valence-electron chi connectivity index (χ1n) is 10.3. The molecule has 0 spiro atoms. The number of nitrogens with one attached hydrogen (secondary N) is 1. The maximum absolute atomic E-state index is 13.2. The van der Waals surface area contributed by atoms with Gasteiger partial charge in [0, 0.05) is 10.3 Å². The number of carbonyl (C=O) groups is 2. The largest absolute Gasteiger partial charge is 0.480 e. The summed E-state index contributed by atoms with van der Waals surface area (Å²) in [6.45, 7) is 3.72. The molecule has 1 aromatic heterocycles. The first kappa shape index (κ1) is 23.2. The molecule has 2 atom stereocenters. The van der Waals surface area contributed by atoms with Crippen molar-refractivity contribution >= 4 is 33.3 Å². The zero-order chi connectivity index (χ0) is 23.9. The molecule has 0 saturated heterocycles. The average Bonchev–Trinajstić information content (AvgIpc) is 3.15. The lowest BCUT2D eigenvalue weighted by atomic mass is 9.93. The van der Waals surface area contributed by atoms with Crippen molar-refractivity contribution in [1.29, 1.82) is 0 Å². The van der Waals surface area contributed by atoms with Crippen LogP contribution in [-0.4, -0.2) is 37.6 Å². The van der Waals surface area contributed by atoms with Crippen molar-refractivity contribution in [2.75, 3.05) is 6.61 Å². The number of benzene rings is 2. The van der Waals surface area contributed by atoms with Crippen molar-refractivity contribution in [3.05, 3.63) is 77.9 Å². The van der Waals surface area contributed by atoms with E-state index in [0.29, 0.717) is 16.0 Å². The van der Waals surface area contributed by atoms with Gasteiger partial charge in [-0.05, 0) is 48.7 Å². The molecule has 0 bridgehead atoms. The highest BCUT2D eigenvalue weighted by atomic mass is 32.2. The van der Waals surface area contributed by atoms with E-state index in [1.54, 1.807) is 68.4 Å². The van der Waals surface area contributed by atoms with Crippen molar-refractivity contribution in [3.63, 3.8) is 0 Å². The molecular formula is C24H23NO6S2. The van der Waals surface area contributed by atoms with Gasteiger partial charge in [0.25, 0.3) is 10.0 Å². The summed E-state index contributed by atoms with van der Waals surface area (Å²) in [5.74, 6) is -1.67. The molecule has 0 aliphatic heterocycles. The SMILES string of the molecule is CCOC(=O)c1cccc(-c2ccc(S(=O)(=O)N[C@@]3(C(=O)O)CC3(C)c3ccccc3)s2)c1. The van der Waals surface area contributed by atoms with Crippen LogP contribution >= 0.6 is 11.3 Å². The highest BCUT2D eigenvalue weighted by molar-refractivity contribution is 7.91. The molecule has 33 heavy (non-hydrogen) atoms. The van der Waals surface area contributed by atoms with E-state index in [-0.39, 0.29) is 17.2 Å². The number of sulfonamides is 1. The van der Waals surface area contributed by atoms with Crippen LogP contribution in [-0.2, 0) is 25.0 Å². The molecule has 1 heterocycles. The number of aliphatic carboxylic acids is 1. The Bertz CT molecular complexity index is 1320. The van der Waals surface area contributed by atoms with Crippen LogP contribution in [0.2, 0.25) is 0 Å². The molecule has 2 N–H and O–H groups in total. The molecule has 1 fully saturated rings. The molecule has 1 aliphatic carbocycles. The van der Waals surface area contributed by atoms with Gasteiger partial charge in [-0.25, -0.2) is 13.2 Å². The monoisotopic (exact) mass is 485 g/mol. The minimum atomic E-state index is -4.11. The molecule has 4 rings (SSSR count). The first-order valence-corrected chi connectivity index (χ1v) is 12.6. The molecule has 3 aromatic rings. The second kappa shape index (κ2) is 8.40. The molecule has 1 aliphatic rings. The predicted octanol–water partition coefficient (Wildman–Crippen LogP) is 4.06. The third-order valence-corrected chi connectivity index (χ3v) is 9.14. The zero-order valence-electron chi connectivity index (χ0n) is 18.1. The number of carbonyl (C=O) groups excluding carboxylic acids is 1. The second-order valence-corrected chi connectivity index (χ2v) is 11.1. The molecule has 7 nitrogen and oxygen atoms in total. The van der Waals surface area contributed by atoms with E-state index in [4.69, 9.17) is 4.74 Å². The lowest BCUT2D eigenvalue weighted by Crippen LogP contribution is -2.47. The highest BCUT2D eigenvalue weighted by Crippen LogP contribution is 2.58. The summed E-state index contributed by atoms with van der Waals surface area (Å²) in [6.07, 6.45) is 0.151. The molecule has 9 heteroatoms. The third kappa shape index (κ3) is 4.07. The standard InChI is InChI=1S/C24H23NO6S2/c1-3-31-21(26)17-9-7-8-16(14-17)19-12-13-20(32-19)33(29,30)25-24(22(27)28)15-23(24,2)18-10-5-4-6-11-18/h4-14,25H,3,15H2,1-2H3,(H,27,28)/t23?,24-/m1/s1. The molecule has 1 unspecified atom stereocenters. The Morgan fingerprint density at radius 3 is 2.48 bits per heavy atom. The van der Waals surface area contributed by atoms with Gasteiger partial charge in [-0.3, -0.25) is 4.79 Å². The maximum atomic E-state index is 13.2. The quantitative estimate of drug-likeness (QED) is 0.466. The lowest BCUT2D eigenvalue weighted by molar-refractivity contribution is -0.140. The Morgan fingerprint density at radius 2 is 1.82 bits per heavy atom. The number of carboxylic acid groups (broad SMARTS) is 1. The number of carboxylic acids is 1. The molecule has 1 saturated carbocycles. The molecular weight excluding hydrogens is 462 g/mol. The summed E-state index contributed by atoms with van der Waals surface area (Å²) in [5.41, 5.74) is -0.687. The van der Waals surface area contributed by atoms with Gasteiger partial charge in [-0.1, -0.05) is 49.4 Å². The van der Waals surface area contributed by atoms with E-state index < -0.39 is 32.9 Å². The van der Waals surface area contributed by atoms with Gasteiger partial charge in [-0.15, -0.1) is 11.3 Å². The fraction of sp³-hybridized carbons (Fsp3) is 0.250. The van der Waals surface area contributed by atoms with Crippen LogP contribution in [0.5, 0.6) is 0 Å². The number of thiophene rings is 1. The van der Waals surface area contributed by atoms with Gasteiger partial charge in [-0.2, -0.15) is 4.72 Å². The normalized spacial score (nSPS) is 22.0. The molecule has 172 valence electrons. The summed E-state index contributed by atoms with van der Waals surface area (Å²) >= 11 is 1.01. The summed E-state index contributed by atoms with van der Waals surface area (Å²) < 4.78 is 33.8. The van der Waals surface area contributed by atoms with Crippen LogP contribution in [0.3, 0.4) is 0 Å². The van der Waals surface area contributed by atoms with Crippen molar-refractivity contribution in [3.8, 4) is 10.4 Å². The summed E-state index contributed by atoms with van der Waals surface area (Å²) in [5, 5.41) is 9.95. The number of hydrogen-bond donors (Lipinski definition) is 2. The molecule has 0 radical (unpaired) electrons. The van der Waals surface area contributed by atoms with Crippen LogP contribution in [0.4, 0.5) is 0 Å². The summed E-state index contributed by atoms with van der Waals surface area (Å²) in [4.78, 5) is 24.8. The van der Waals surface area contributed by atoms with Crippen LogP contribution < -0.4 is 4.72 Å². The van der Waals surface area contributed by atoms with Gasteiger partial charge in [0.1, 0.15) is 9.75 Å². The van der Waals surface area contributed by atoms with Crippen LogP contribution in [0, 0.1) is 0 Å². The van der Waals surface area contributed by atoms with E-state index in [2.05, 4.69) is 4.72 Å². The van der Waals surface area contributed by atoms with Crippen molar-refractivity contribution in [2.45, 2.75) is 35.4 Å². The average molecular weight is 486 g/mol. The van der Waals surface area contributed by atoms with Gasteiger partial charge < -0.3 is 9.84 Å². The van der Waals surface area contributed by atoms with E-state index in [1.807, 2.05) is 6.07 Å². The minimum Gasteiger partial charge on any atom is -0.480 e. The first-order chi connectivity index (χ1) is 15.6. The number of hydrogen-bond acceptors (Lipinski definition) is 6. The summed E-state index contributed by atoms with van der Waals surface area (Å²) in [6, 6.07) is 18.8. The Hall–Kier alpha value is -3.01. The summed E-state index contributed by atoms with van der Waals surface area (Å²) in [7, 11) is -4.11. The Balaban J connectivity index is 1.62. The Labute approximate surface area is 196 Å². The Kier molecular flexibility index (Phi) is 5.90. The lowest BCUT2D eigenvalue weighted by Gasteiger charge is -2.20. The van der Waals surface area contributed by atoms with E-state index in [0.717, 1.165) is 16.9 Å². The Morgan fingerprint density at radius 1 is 1.09 bits per heavy atom. The fourth-order valence-electron chi connectivity index (χ4n) is 4.06. The van der Waals surface area contributed by atoms with Crippen molar-refractivity contribution in [1.82, 2.24) is 4.72 Å². The van der Waals surface area contributed by atoms with Gasteiger partial charge in [0.15, 0.2) is 0 Å². The fourth-order valence-corrected chi connectivity index (χ4v) is 6.82. The van der Waals surface area contributed by atoms with Gasteiger partial charge >= 0.3 is 11.9 Å². The minimum absolute atomic E-state index is 0.00183. The topological polar surface area (TPSA) is 110 Å². The van der Waals surface area contributed by atoms with Crippen LogP contribution in [0.15, 0.2) is 70.9 Å². The molecule has 2 aromatic carbocycles. The second-order valence-electron chi connectivity index (χ2n) is 8.11. The van der Waals surface area contributed by atoms with Crippen molar-refractivity contribution < 1.29 is 27.9 Å². The van der Waals surface area contributed by atoms with Crippen molar-refractivity contribution in [2.24, 2.45) is 0 Å².